The molecule has 1 saturated heterocycles. The van der Waals surface area contributed by atoms with Crippen LogP contribution in [0.5, 0.6) is 5.75 Å². The minimum Gasteiger partial charge on any atom is -0.508 e. The Bertz CT molecular complexity index is 735. The smallest absolute Gasteiger partial charge is 0.338 e. The van der Waals surface area contributed by atoms with Crippen molar-refractivity contribution in [2.45, 2.75) is 12.8 Å². The van der Waals surface area contributed by atoms with Crippen molar-refractivity contribution in [3.8, 4) is 5.75 Å². The molecule has 130 valence electrons. The molecular weight excluding hydrogens is 320 g/mol. The minimum absolute atomic E-state index is 0.0617. The fourth-order valence-corrected chi connectivity index (χ4v) is 2.74. The predicted octanol–water partition coefficient (Wildman–Crippen LogP) is 2.79. The molecule has 0 aliphatic carbocycles. The van der Waals surface area contributed by atoms with Gasteiger partial charge in [0.05, 0.1) is 5.56 Å². The van der Waals surface area contributed by atoms with E-state index in [0.717, 1.165) is 18.8 Å². The third-order valence-corrected chi connectivity index (χ3v) is 4.06. The molecule has 2 N–H and O–H groups in total. The molecule has 1 amide bonds. The first kappa shape index (κ1) is 16.8. The van der Waals surface area contributed by atoms with E-state index in [9.17, 15) is 14.7 Å². The lowest BCUT2D eigenvalue weighted by Crippen LogP contribution is -2.21. The number of carbonyl (C=O) groups is 2. The normalized spacial score (nSPS) is 13.5. The standard InChI is InChI=1S/C19H20N2O4/c22-17-9-3-14(4-10-17)19(24)25-13-18(23)20-15-5-7-16(8-6-15)21-11-1-2-12-21/h3-10,22H,1-2,11-13H2,(H,20,23). The van der Waals surface area contributed by atoms with Gasteiger partial charge in [-0.15, -0.1) is 0 Å². The van der Waals surface area contributed by atoms with Crippen molar-refractivity contribution < 1.29 is 19.4 Å². The van der Waals surface area contributed by atoms with Gasteiger partial charge in [-0.25, -0.2) is 4.79 Å². The van der Waals surface area contributed by atoms with Gasteiger partial charge >= 0.3 is 5.97 Å². The zero-order chi connectivity index (χ0) is 17.6. The van der Waals surface area contributed by atoms with Crippen molar-refractivity contribution in [1.82, 2.24) is 0 Å². The number of amides is 1. The van der Waals surface area contributed by atoms with Crippen molar-refractivity contribution in [3.05, 3.63) is 54.1 Å². The second-order valence-corrected chi connectivity index (χ2v) is 5.91. The number of esters is 1. The highest BCUT2D eigenvalue weighted by Gasteiger charge is 2.13. The third-order valence-electron chi connectivity index (χ3n) is 4.06. The van der Waals surface area contributed by atoms with Crippen LogP contribution in [0.1, 0.15) is 23.2 Å². The maximum Gasteiger partial charge on any atom is 0.338 e. The molecule has 0 atom stereocenters. The monoisotopic (exact) mass is 340 g/mol. The number of phenols is 1. The van der Waals surface area contributed by atoms with E-state index >= 15 is 0 Å². The van der Waals surface area contributed by atoms with Gasteiger partial charge in [-0.3, -0.25) is 4.79 Å². The Morgan fingerprint density at radius 3 is 2.28 bits per heavy atom. The van der Waals surface area contributed by atoms with E-state index in [1.165, 1.54) is 37.1 Å². The van der Waals surface area contributed by atoms with Crippen molar-refractivity contribution in [3.63, 3.8) is 0 Å². The van der Waals surface area contributed by atoms with E-state index in [-0.39, 0.29) is 17.9 Å². The molecule has 2 aromatic carbocycles. The molecule has 0 aromatic heterocycles. The van der Waals surface area contributed by atoms with Gasteiger partial charge in [0.25, 0.3) is 5.91 Å². The van der Waals surface area contributed by atoms with E-state index in [0.29, 0.717) is 5.69 Å². The van der Waals surface area contributed by atoms with Gasteiger partial charge < -0.3 is 20.1 Å². The Balaban J connectivity index is 1.48. The summed E-state index contributed by atoms with van der Waals surface area (Å²) >= 11 is 0. The first-order chi connectivity index (χ1) is 12.1. The molecule has 0 saturated carbocycles. The fraction of sp³-hybridized carbons (Fsp3) is 0.263. The summed E-state index contributed by atoms with van der Waals surface area (Å²) in [6, 6.07) is 13.3. The number of nitrogens with zero attached hydrogens (tertiary/aromatic N) is 1. The van der Waals surface area contributed by atoms with Crippen LogP contribution in [-0.4, -0.2) is 36.7 Å². The molecule has 1 fully saturated rings. The number of ether oxygens (including phenoxy) is 1. The van der Waals surface area contributed by atoms with Gasteiger partial charge in [0.15, 0.2) is 6.61 Å². The number of hydrogen-bond acceptors (Lipinski definition) is 5. The van der Waals surface area contributed by atoms with Gasteiger partial charge in [-0.2, -0.15) is 0 Å². The second-order valence-electron chi connectivity index (χ2n) is 5.91. The van der Waals surface area contributed by atoms with Crippen LogP contribution in [0.3, 0.4) is 0 Å². The first-order valence-electron chi connectivity index (χ1n) is 8.23. The van der Waals surface area contributed by atoms with Crippen molar-refractivity contribution in [1.29, 1.82) is 0 Å². The number of phenolic OH excluding ortho intramolecular Hbond substituents is 1. The van der Waals surface area contributed by atoms with Crippen LogP contribution in [0.15, 0.2) is 48.5 Å². The summed E-state index contributed by atoms with van der Waals surface area (Å²) in [5.74, 6) is -0.952. The fourth-order valence-electron chi connectivity index (χ4n) is 2.74. The lowest BCUT2D eigenvalue weighted by Gasteiger charge is -2.17. The molecule has 3 rings (SSSR count). The highest BCUT2D eigenvalue weighted by Crippen LogP contribution is 2.22. The average Bonchev–Trinajstić information content (AvgIpc) is 3.15. The maximum atomic E-state index is 11.9. The Kier molecular flexibility index (Phi) is 5.18. The lowest BCUT2D eigenvalue weighted by atomic mass is 10.2. The van der Waals surface area contributed by atoms with Crippen LogP contribution < -0.4 is 10.2 Å². The number of hydrogen-bond donors (Lipinski definition) is 2. The molecule has 0 radical (unpaired) electrons. The summed E-state index contributed by atoms with van der Waals surface area (Å²) in [6.45, 7) is 1.77. The Morgan fingerprint density at radius 1 is 1.00 bits per heavy atom. The Labute approximate surface area is 146 Å². The molecule has 1 aliphatic rings. The molecule has 6 heteroatoms. The second kappa shape index (κ2) is 7.70. The van der Waals surface area contributed by atoms with Gasteiger partial charge in [0.2, 0.25) is 0 Å². The number of anilines is 2. The number of rotatable bonds is 5. The van der Waals surface area contributed by atoms with Gasteiger partial charge in [-0.1, -0.05) is 0 Å². The Morgan fingerprint density at radius 2 is 1.64 bits per heavy atom. The van der Waals surface area contributed by atoms with E-state index in [2.05, 4.69) is 10.2 Å². The SMILES string of the molecule is O=C(COC(=O)c1ccc(O)cc1)Nc1ccc(N2CCCC2)cc1. The first-order valence-corrected chi connectivity index (χ1v) is 8.23. The summed E-state index contributed by atoms with van der Waals surface area (Å²) in [7, 11) is 0. The van der Waals surface area contributed by atoms with Gasteiger partial charge in [0, 0.05) is 24.5 Å². The molecule has 0 bridgehead atoms. The van der Waals surface area contributed by atoms with Crippen molar-refractivity contribution in [2.24, 2.45) is 0 Å². The highest BCUT2D eigenvalue weighted by molar-refractivity contribution is 5.95. The van der Waals surface area contributed by atoms with E-state index < -0.39 is 11.9 Å². The van der Waals surface area contributed by atoms with Crippen LogP contribution in [0, 0.1) is 0 Å². The third kappa shape index (κ3) is 4.50. The largest absolute Gasteiger partial charge is 0.508 e. The average molecular weight is 340 g/mol. The van der Waals surface area contributed by atoms with Crippen molar-refractivity contribution >= 4 is 23.3 Å². The number of benzene rings is 2. The van der Waals surface area contributed by atoms with Crippen LogP contribution >= 0.6 is 0 Å². The molecule has 6 nitrogen and oxygen atoms in total. The molecule has 0 spiro atoms. The highest BCUT2D eigenvalue weighted by atomic mass is 16.5. The number of nitrogens with one attached hydrogen (secondary N) is 1. The summed E-state index contributed by atoms with van der Waals surface area (Å²) in [5, 5.41) is 11.9. The minimum atomic E-state index is -0.612. The molecule has 2 aromatic rings. The van der Waals surface area contributed by atoms with Crippen LogP contribution in [0.4, 0.5) is 11.4 Å². The van der Waals surface area contributed by atoms with Crippen LogP contribution in [0.25, 0.3) is 0 Å². The summed E-state index contributed by atoms with van der Waals surface area (Å²) < 4.78 is 4.97. The summed E-state index contributed by atoms with van der Waals surface area (Å²) in [5.41, 5.74) is 2.09. The molecular formula is C19H20N2O4. The van der Waals surface area contributed by atoms with Crippen LogP contribution in [-0.2, 0) is 9.53 Å². The van der Waals surface area contributed by atoms with Gasteiger partial charge in [0.1, 0.15) is 5.75 Å². The molecule has 1 heterocycles. The number of aromatic hydroxyl groups is 1. The van der Waals surface area contributed by atoms with E-state index in [1.807, 2.05) is 24.3 Å². The van der Waals surface area contributed by atoms with Crippen molar-refractivity contribution in [2.75, 3.05) is 29.9 Å². The lowest BCUT2D eigenvalue weighted by molar-refractivity contribution is -0.119. The maximum absolute atomic E-state index is 11.9. The topological polar surface area (TPSA) is 78.9 Å². The zero-order valence-corrected chi connectivity index (χ0v) is 13.8. The predicted molar refractivity (Wildman–Crippen MR) is 94.9 cm³/mol. The molecule has 1 aliphatic heterocycles. The summed E-state index contributed by atoms with van der Waals surface area (Å²) in [4.78, 5) is 26.0. The zero-order valence-electron chi connectivity index (χ0n) is 13.8. The summed E-state index contributed by atoms with van der Waals surface area (Å²) in [6.07, 6.45) is 2.43. The molecule has 25 heavy (non-hydrogen) atoms. The molecule has 0 unspecified atom stereocenters. The van der Waals surface area contributed by atoms with E-state index in [4.69, 9.17) is 4.74 Å². The Hall–Kier alpha value is -3.02. The quantitative estimate of drug-likeness (QED) is 0.818. The number of carbonyl (C=O) groups excluding carboxylic acids is 2. The van der Waals surface area contributed by atoms with Crippen LogP contribution in [0.2, 0.25) is 0 Å². The van der Waals surface area contributed by atoms with Gasteiger partial charge in [-0.05, 0) is 61.4 Å². The van der Waals surface area contributed by atoms with E-state index in [1.54, 1.807) is 0 Å².